The molecule has 1 aliphatic rings. The number of aliphatic carboxylic acids is 1. The summed E-state index contributed by atoms with van der Waals surface area (Å²) >= 11 is 0. The van der Waals surface area contributed by atoms with Crippen LogP contribution in [0.4, 0.5) is 0 Å². The third-order valence-corrected chi connectivity index (χ3v) is 4.98. The van der Waals surface area contributed by atoms with Crippen LogP contribution in [0.2, 0.25) is 0 Å². The third-order valence-electron chi connectivity index (χ3n) is 4.98. The van der Waals surface area contributed by atoms with Gasteiger partial charge in [0.1, 0.15) is 5.75 Å². The molecule has 3 rings (SSSR count). The van der Waals surface area contributed by atoms with E-state index in [4.69, 9.17) is 9.84 Å². The highest BCUT2D eigenvalue weighted by Crippen LogP contribution is 2.47. The molecule has 2 aromatic rings. The van der Waals surface area contributed by atoms with E-state index >= 15 is 0 Å². The monoisotopic (exact) mass is 394 g/mol. The van der Waals surface area contributed by atoms with Crippen LogP contribution < -0.4 is 10.2 Å². The predicted octanol–water partition coefficient (Wildman–Crippen LogP) is 3.70. The van der Waals surface area contributed by atoms with E-state index in [1.54, 1.807) is 24.3 Å². The first kappa shape index (κ1) is 20.6. The summed E-state index contributed by atoms with van der Waals surface area (Å²) in [6.45, 7) is 6.10. The van der Waals surface area contributed by atoms with Gasteiger partial charge in [0.05, 0.1) is 6.21 Å². The molecule has 1 amide bonds. The van der Waals surface area contributed by atoms with E-state index in [1.807, 2.05) is 0 Å². The Morgan fingerprint density at radius 3 is 2.52 bits per heavy atom. The Bertz CT molecular complexity index is 913. The molecule has 0 radical (unpaired) electrons. The van der Waals surface area contributed by atoms with Crippen molar-refractivity contribution in [2.45, 2.75) is 38.5 Å². The zero-order valence-electron chi connectivity index (χ0n) is 16.9. The molecule has 0 spiro atoms. The molecule has 1 aliphatic carbocycles. The number of carboxylic acids is 1. The number of hydrazone groups is 1. The average molecular weight is 394 g/mol. The average Bonchev–Trinajstić information content (AvgIpc) is 3.47. The first-order chi connectivity index (χ1) is 13.8. The van der Waals surface area contributed by atoms with E-state index in [1.165, 1.54) is 17.3 Å². The Balaban J connectivity index is 1.55. The van der Waals surface area contributed by atoms with Crippen molar-refractivity contribution in [3.8, 4) is 5.75 Å². The Hall–Kier alpha value is -3.15. The summed E-state index contributed by atoms with van der Waals surface area (Å²) in [5, 5.41) is 12.8. The summed E-state index contributed by atoms with van der Waals surface area (Å²) < 4.78 is 5.22. The zero-order valence-corrected chi connectivity index (χ0v) is 16.9. The van der Waals surface area contributed by atoms with E-state index in [9.17, 15) is 9.59 Å². The molecule has 0 aliphatic heterocycles. The Kier molecular flexibility index (Phi) is 6.01. The highest BCUT2D eigenvalue weighted by atomic mass is 16.5. The summed E-state index contributed by atoms with van der Waals surface area (Å²) in [6, 6.07) is 15.4. The van der Waals surface area contributed by atoms with Gasteiger partial charge in [0.15, 0.2) is 6.61 Å². The van der Waals surface area contributed by atoms with E-state index < -0.39 is 12.6 Å². The van der Waals surface area contributed by atoms with Crippen molar-refractivity contribution in [2.24, 2.45) is 11.0 Å². The van der Waals surface area contributed by atoms with Crippen LogP contribution in [0.1, 0.15) is 49.8 Å². The number of nitrogens with zero attached hydrogens (tertiary/aromatic N) is 1. The molecule has 0 saturated heterocycles. The molecule has 2 atom stereocenters. The van der Waals surface area contributed by atoms with Crippen molar-refractivity contribution in [1.82, 2.24) is 5.43 Å². The molecule has 1 fully saturated rings. The highest BCUT2D eigenvalue weighted by Gasteiger charge is 2.44. The molecule has 0 bridgehead atoms. The fraction of sp³-hybridized carbons (Fsp3) is 0.348. The van der Waals surface area contributed by atoms with Crippen molar-refractivity contribution in [2.75, 3.05) is 6.61 Å². The van der Waals surface area contributed by atoms with Crippen molar-refractivity contribution in [1.29, 1.82) is 0 Å². The summed E-state index contributed by atoms with van der Waals surface area (Å²) in [5.74, 6) is -0.622. The van der Waals surface area contributed by atoms with E-state index in [0.29, 0.717) is 11.3 Å². The van der Waals surface area contributed by atoms with Crippen LogP contribution in [-0.2, 0) is 15.0 Å². The highest BCUT2D eigenvalue weighted by molar-refractivity contribution is 5.87. The van der Waals surface area contributed by atoms with E-state index in [0.717, 1.165) is 6.42 Å². The van der Waals surface area contributed by atoms with Gasteiger partial charge >= 0.3 is 5.97 Å². The van der Waals surface area contributed by atoms with Crippen LogP contribution >= 0.6 is 0 Å². The number of rotatable bonds is 7. The van der Waals surface area contributed by atoms with Gasteiger partial charge in [0.25, 0.3) is 0 Å². The fourth-order valence-electron chi connectivity index (χ4n) is 3.19. The molecule has 0 heterocycles. The second-order valence-corrected chi connectivity index (χ2v) is 8.28. The number of carbonyl (C=O) groups excluding carboxylic acids is 1. The Labute approximate surface area is 170 Å². The van der Waals surface area contributed by atoms with Crippen LogP contribution in [0.3, 0.4) is 0 Å². The molecule has 29 heavy (non-hydrogen) atoms. The van der Waals surface area contributed by atoms with Gasteiger partial charge in [-0.2, -0.15) is 5.10 Å². The number of hydrogen-bond acceptors (Lipinski definition) is 4. The minimum Gasteiger partial charge on any atom is -0.481 e. The normalized spacial score (nSPS) is 18.4. The predicted molar refractivity (Wildman–Crippen MR) is 111 cm³/mol. The fourth-order valence-corrected chi connectivity index (χ4v) is 3.19. The van der Waals surface area contributed by atoms with Gasteiger partial charge in [0.2, 0.25) is 5.91 Å². The zero-order chi connectivity index (χ0) is 21.0. The van der Waals surface area contributed by atoms with Crippen molar-refractivity contribution in [3.63, 3.8) is 0 Å². The van der Waals surface area contributed by atoms with E-state index in [-0.39, 0.29) is 23.2 Å². The van der Waals surface area contributed by atoms with Gasteiger partial charge in [-0.3, -0.25) is 4.79 Å². The maximum absolute atomic E-state index is 12.4. The van der Waals surface area contributed by atoms with Gasteiger partial charge in [-0.1, -0.05) is 57.2 Å². The number of nitrogens with one attached hydrogen (secondary N) is 1. The van der Waals surface area contributed by atoms with Gasteiger partial charge in [-0.15, -0.1) is 0 Å². The summed E-state index contributed by atoms with van der Waals surface area (Å²) in [5.41, 5.74) is 5.73. The van der Waals surface area contributed by atoms with Gasteiger partial charge in [0, 0.05) is 11.5 Å². The topological polar surface area (TPSA) is 88.0 Å². The SMILES string of the molecule is CC(C)(C)c1ccc(C2CC2C(=O)NN=Cc2ccccc2OCC(=O)O)cc1. The van der Waals surface area contributed by atoms with Crippen LogP contribution in [-0.4, -0.2) is 29.8 Å². The van der Waals surface area contributed by atoms with Crippen LogP contribution in [0.25, 0.3) is 0 Å². The number of benzene rings is 2. The first-order valence-corrected chi connectivity index (χ1v) is 9.62. The van der Waals surface area contributed by atoms with Gasteiger partial charge in [-0.25, -0.2) is 10.2 Å². The van der Waals surface area contributed by atoms with Gasteiger partial charge < -0.3 is 9.84 Å². The summed E-state index contributed by atoms with van der Waals surface area (Å²) in [4.78, 5) is 23.0. The summed E-state index contributed by atoms with van der Waals surface area (Å²) in [7, 11) is 0. The number of carbonyl (C=O) groups is 2. The smallest absolute Gasteiger partial charge is 0.341 e. The molecule has 1 saturated carbocycles. The number of para-hydroxylation sites is 1. The molecule has 2 N–H and O–H groups in total. The number of hydrogen-bond donors (Lipinski definition) is 2. The lowest BCUT2D eigenvalue weighted by Gasteiger charge is -2.19. The molecule has 2 unspecified atom stereocenters. The molecular weight excluding hydrogens is 368 g/mol. The maximum Gasteiger partial charge on any atom is 0.341 e. The standard InChI is InChI=1S/C23H26N2O4/c1-23(2,3)17-10-8-15(9-11-17)18-12-19(18)22(28)25-24-13-16-6-4-5-7-20(16)29-14-21(26)27/h4-11,13,18-19H,12,14H2,1-3H3,(H,25,28)(H,26,27). The second kappa shape index (κ2) is 8.47. The molecule has 152 valence electrons. The lowest BCUT2D eigenvalue weighted by Crippen LogP contribution is -2.20. The molecule has 6 heteroatoms. The largest absolute Gasteiger partial charge is 0.481 e. The summed E-state index contributed by atoms with van der Waals surface area (Å²) in [6.07, 6.45) is 2.28. The van der Waals surface area contributed by atoms with Crippen molar-refractivity contribution >= 4 is 18.1 Å². The first-order valence-electron chi connectivity index (χ1n) is 9.62. The van der Waals surface area contributed by atoms with Crippen molar-refractivity contribution in [3.05, 3.63) is 65.2 Å². The molecule has 6 nitrogen and oxygen atoms in total. The molecule has 2 aromatic carbocycles. The number of ether oxygens (including phenoxy) is 1. The molecule has 0 aromatic heterocycles. The van der Waals surface area contributed by atoms with Crippen LogP contribution in [0, 0.1) is 5.92 Å². The minimum absolute atomic E-state index is 0.0776. The van der Waals surface area contributed by atoms with E-state index in [2.05, 4.69) is 55.6 Å². The quantitative estimate of drug-likeness (QED) is 0.554. The third kappa shape index (κ3) is 5.44. The maximum atomic E-state index is 12.4. The van der Waals surface area contributed by atoms with Crippen molar-refractivity contribution < 1.29 is 19.4 Å². The minimum atomic E-state index is -1.06. The lowest BCUT2D eigenvalue weighted by molar-refractivity contribution is -0.139. The second-order valence-electron chi connectivity index (χ2n) is 8.28. The van der Waals surface area contributed by atoms with Crippen LogP contribution in [0.15, 0.2) is 53.6 Å². The number of carboxylic acid groups (broad SMARTS) is 1. The van der Waals surface area contributed by atoms with Crippen LogP contribution in [0.5, 0.6) is 5.75 Å². The Morgan fingerprint density at radius 1 is 1.17 bits per heavy atom. The Morgan fingerprint density at radius 2 is 1.86 bits per heavy atom. The number of amides is 1. The van der Waals surface area contributed by atoms with Gasteiger partial charge in [-0.05, 0) is 41.0 Å². The molecular formula is C23H26N2O4. The lowest BCUT2D eigenvalue weighted by atomic mass is 9.86.